The molecule has 0 aliphatic heterocycles. The smallest absolute Gasteiger partial charge is 0.303 e. The van der Waals surface area contributed by atoms with Gasteiger partial charge in [-0.05, 0) is 13.3 Å². The Labute approximate surface area is 59.1 Å². The molecule has 0 rings (SSSR count). The van der Waals surface area contributed by atoms with E-state index < -0.39 is 5.97 Å². The van der Waals surface area contributed by atoms with E-state index in [2.05, 4.69) is 0 Å². The standard InChI is InChI=1S/C6H9ClO2/c1-5(4-7)2-3-6(8)9/h4H,2-3H2,1H3,(H,8,9). The van der Waals surface area contributed by atoms with E-state index in [9.17, 15) is 4.79 Å². The highest BCUT2D eigenvalue weighted by atomic mass is 35.5. The Morgan fingerprint density at radius 1 is 1.67 bits per heavy atom. The van der Waals surface area contributed by atoms with Gasteiger partial charge in [0.2, 0.25) is 0 Å². The summed E-state index contributed by atoms with van der Waals surface area (Å²) in [5.74, 6) is -0.784. The van der Waals surface area contributed by atoms with E-state index in [1.54, 1.807) is 6.92 Å². The van der Waals surface area contributed by atoms with Crippen molar-refractivity contribution in [1.82, 2.24) is 0 Å². The third-order valence-corrected chi connectivity index (χ3v) is 1.29. The molecule has 0 aromatic carbocycles. The van der Waals surface area contributed by atoms with Crippen LogP contribution in [0.25, 0.3) is 0 Å². The molecule has 0 unspecified atom stereocenters. The minimum absolute atomic E-state index is 0.162. The van der Waals surface area contributed by atoms with E-state index in [4.69, 9.17) is 16.7 Å². The Kier molecular flexibility index (Phi) is 4.14. The van der Waals surface area contributed by atoms with Crippen LogP contribution in [0, 0.1) is 0 Å². The van der Waals surface area contributed by atoms with Gasteiger partial charge in [-0.25, -0.2) is 0 Å². The molecule has 0 aromatic heterocycles. The molecule has 2 nitrogen and oxygen atoms in total. The SMILES string of the molecule is CC(=CCl)CCC(=O)O. The van der Waals surface area contributed by atoms with Crippen molar-refractivity contribution >= 4 is 17.6 Å². The summed E-state index contributed by atoms with van der Waals surface area (Å²) in [5, 5.41) is 8.19. The first-order chi connectivity index (χ1) is 4.16. The molecule has 52 valence electrons. The van der Waals surface area contributed by atoms with Gasteiger partial charge in [-0.1, -0.05) is 17.2 Å². The van der Waals surface area contributed by atoms with E-state index in [0.717, 1.165) is 5.57 Å². The maximum absolute atomic E-state index is 9.95. The molecule has 0 spiro atoms. The maximum Gasteiger partial charge on any atom is 0.303 e. The fourth-order valence-electron chi connectivity index (χ4n) is 0.359. The van der Waals surface area contributed by atoms with Gasteiger partial charge in [0.15, 0.2) is 0 Å². The quantitative estimate of drug-likeness (QED) is 0.665. The van der Waals surface area contributed by atoms with Gasteiger partial charge in [-0.2, -0.15) is 0 Å². The summed E-state index contributed by atoms with van der Waals surface area (Å²) in [6, 6.07) is 0. The predicted molar refractivity (Wildman–Crippen MR) is 36.5 cm³/mol. The third-order valence-electron chi connectivity index (χ3n) is 0.919. The topological polar surface area (TPSA) is 37.3 Å². The molecule has 1 N–H and O–H groups in total. The van der Waals surface area contributed by atoms with Gasteiger partial charge in [-0.3, -0.25) is 4.79 Å². The minimum Gasteiger partial charge on any atom is -0.481 e. The van der Waals surface area contributed by atoms with E-state index in [1.807, 2.05) is 0 Å². The molecule has 0 saturated heterocycles. The van der Waals surface area contributed by atoms with Crippen LogP contribution in [0.15, 0.2) is 11.1 Å². The molecule has 0 aliphatic rings. The number of carbonyl (C=O) groups is 1. The Hall–Kier alpha value is -0.500. The van der Waals surface area contributed by atoms with Crippen LogP contribution >= 0.6 is 11.6 Å². The van der Waals surface area contributed by atoms with Crippen LogP contribution in [-0.2, 0) is 4.79 Å². The lowest BCUT2D eigenvalue weighted by atomic mass is 10.2. The average molecular weight is 149 g/mol. The first-order valence-corrected chi connectivity index (χ1v) is 3.08. The molecule has 3 heteroatoms. The number of aliphatic carboxylic acids is 1. The van der Waals surface area contributed by atoms with Crippen molar-refractivity contribution in [3.63, 3.8) is 0 Å². The first kappa shape index (κ1) is 8.50. The highest BCUT2D eigenvalue weighted by molar-refractivity contribution is 6.25. The fraction of sp³-hybridized carbons (Fsp3) is 0.500. The second-order valence-electron chi connectivity index (χ2n) is 1.85. The maximum atomic E-state index is 9.95. The molecular formula is C6H9ClO2. The number of hydrogen-bond acceptors (Lipinski definition) is 1. The molecule has 0 atom stereocenters. The van der Waals surface area contributed by atoms with Crippen molar-refractivity contribution in [1.29, 1.82) is 0 Å². The molecule has 0 aliphatic carbocycles. The minimum atomic E-state index is -0.784. The Morgan fingerprint density at radius 3 is 2.56 bits per heavy atom. The van der Waals surface area contributed by atoms with Crippen LogP contribution in [-0.4, -0.2) is 11.1 Å². The number of carboxylic acids is 1. The van der Waals surface area contributed by atoms with Crippen LogP contribution in [0.3, 0.4) is 0 Å². The van der Waals surface area contributed by atoms with E-state index in [0.29, 0.717) is 6.42 Å². The van der Waals surface area contributed by atoms with Gasteiger partial charge >= 0.3 is 5.97 Å². The van der Waals surface area contributed by atoms with Crippen LogP contribution in [0.4, 0.5) is 0 Å². The highest BCUT2D eigenvalue weighted by Crippen LogP contribution is 2.04. The molecule has 9 heavy (non-hydrogen) atoms. The van der Waals surface area contributed by atoms with Gasteiger partial charge in [0.1, 0.15) is 0 Å². The largest absolute Gasteiger partial charge is 0.481 e. The van der Waals surface area contributed by atoms with Crippen molar-refractivity contribution in [2.24, 2.45) is 0 Å². The zero-order valence-corrected chi connectivity index (χ0v) is 5.98. The fourth-order valence-corrected chi connectivity index (χ4v) is 0.468. The summed E-state index contributed by atoms with van der Waals surface area (Å²) in [5.41, 5.74) is 2.31. The third kappa shape index (κ3) is 5.37. The van der Waals surface area contributed by atoms with Crippen molar-refractivity contribution in [3.05, 3.63) is 11.1 Å². The monoisotopic (exact) mass is 148 g/mol. The molecule has 0 fully saturated rings. The van der Waals surface area contributed by atoms with Gasteiger partial charge < -0.3 is 5.11 Å². The second kappa shape index (κ2) is 4.39. The second-order valence-corrected chi connectivity index (χ2v) is 2.07. The van der Waals surface area contributed by atoms with Gasteiger partial charge in [0.25, 0.3) is 0 Å². The zero-order valence-electron chi connectivity index (χ0n) is 5.22. The normalized spacial score (nSPS) is 11.6. The number of hydrogen-bond donors (Lipinski definition) is 1. The predicted octanol–water partition coefficient (Wildman–Crippen LogP) is 1.99. The summed E-state index contributed by atoms with van der Waals surface area (Å²) in [4.78, 5) is 9.95. The first-order valence-electron chi connectivity index (χ1n) is 2.64. The Balaban J connectivity index is 3.39. The Morgan fingerprint density at radius 2 is 2.22 bits per heavy atom. The lowest BCUT2D eigenvalue weighted by molar-refractivity contribution is -0.136. The number of rotatable bonds is 3. The zero-order chi connectivity index (χ0) is 7.28. The molecule has 0 aromatic rings. The molecular weight excluding hydrogens is 140 g/mol. The summed E-state index contributed by atoms with van der Waals surface area (Å²) in [6.45, 7) is 1.80. The molecule has 0 heterocycles. The van der Waals surface area contributed by atoms with Crippen LogP contribution in [0.2, 0.25) is 0 Å². The van der Waals surface area contributed by atoms with E-state index >= 15 is 0 Å². The van der Waals surface area contributed by atoms with Gasteiger partial charge in [0.05, 0.1) is 0 Å². The van der Waals surface area contributed by atoms with E-state index in [1.165, 1.54) is 5.54 Å². The van der Waals surface area contributed by atoms with Crippen LogP contribution in [0.1, 0.15) is 19.8 Å². The van der Waals surface area contributed by atoms with Crippen molar-refractivity contribution in [3.8, 4) is 0 Å². The van der Waals surface area contributed by atoms with E-state index in [-0.39, 0.29) is 6.42 Å². The molecule has 0 amide bonds. The molecule has 0 bridgehead atoms. The highest BCUT2D eigenvalue weighted by Gasteiger charge is 1.95. The summed E-state index contributed by atoms with van der Waals surface area (Å²) < 4.78 is 0. The lowest BCUT2D eigenvalue weighted by Crippen LogP contribution is -1.93. The Bertz CT molecular complexity index is 129. The summed E-state index contributed by atoms with van der Waals surface area (Å²) >= 11 is 5.28. The molecule has 0 radical (unpaired) electrons. The lowest BCUT2D eigenvalue weighted by Gasteiger charge is -1.92. The van der Waals surface area contributed by atoms with Gasteiger partial charge in [0, 0.05) is 12.0 Å². The van der Waals surface area contributed by atoms with Crippen molar-refractivity contribution in [2.75, 3.05) is 0 Å². The number of halogens is 1. The summed E-state index contributed by atoms with van der Waals surface area (Å²) in [6.07, 6.45) is 0.702. The van der Waals surface area contributed by atoms with Crippen LogP contribution < -0.4 is 0 Å². The number of carboxylic acid groups (broad SMARTS) is 1. The average Bonchev–Trinajstić information content (AvgIpc) is 1.83. The number of allylic oxidation sites excluding steroid dienone is 1. The summed E-state index contributed by atoms with van der Waals surface area (Å²) in [7, 11) is 0. The van der Waals surface area contributed by atoms with Gasteiger partial charge in [-0.15, -0.1) is 0 Å². The van der Waals surface area contributed by atoms with Crippen molar-refractivity contribution < 1.29 is 9.90 Å². The molecule has 0 saturated carbocycles. The van der Waals surface area contributed by atoms with Crippen molar-refractivity contribution in [2.45, 2.75) is 19.8 Å². The van der Waals surface area contributed by atoms with Crippen LogP contribution in [0.5, 0.6) is 0 Å².